The molecule has 1 spiro atoms. The van der Waals surface area contributed by atoms with E-state index in [0.717, 1.165) is 38.4 Å². The largest absolute Gasteiger partial charge is 0.490 e. The lowest BCUT2D eigenvalue weighted by Gasteiger charge is -2.47. The number of carboxylic acids is 2. The molecule has 2 aliphatic rings. The Kier molecular flexibility index (Phi) is 8.84. The van der Waals surface area contributed by atoms with Crippen LogP contribution in [0, 0.1) is 0 Å². The van der Waals surface area contributed by atoms with E-state index in [1.165, 1.54) is 0 Å². The van der Waals surface area contributed by atoms with E-state index < -0.39 is 24.3 Å². The predicted octanol–water partition coefficient (Wildman–Crippen LogP) is 2.25. The number of carbonyl (C=O) groups is 2. The first-order chi connectivity index (χ1) is 13.8. The molecule has 0 radical (unpaired) electrons. The third kappa shape index (κ3) is 8.82. The van der Waals surface area contributed by atoms with Gasteiger partial charge in [-0.1, -0.05) is 6.07 Å². The van der Waals surface area contributed by atoms with Gasteiger partial charge in [-0.15, -0.1) is 0 Å². The molecule has 0 amide bonds. The number of pyridine rings is 1. The molecule has 1 unspecified atom stereocenters. The Hall–Kier alpha value is -2.61. The zero-order chi connectivity index (χ0) is 23.0. The van der Waals surface area contributed by atoms with Crippen LogP contribution in [-0.2, 0) is 14.3 Å². The Morgan fingerprint density at radius 3 is 2.00 bits per heavy atom. The third-order valence-electron chi connectivity index (χ3n) is 3.75. The average Bonchev–Trinajstić information content (AvgIpc) is 2.61. The van der Waals surface area contributed by atoms with Crippen LogP contribution in [0.4, 0.5) is 26.3 Å². The number of aromatic nitrogens is 1. The molecule has 2 aliphatic heterocycles. The fraction of sp³-hybridized carbons (Fsp3) is 0.562. The summed E-state index contributed by atoms with van der Waals surface area (Å²) in [7, 11) is 0. The highest BCUT2D eigenvalue weighted by Gasteiger charge is 2.43. The summed E-state index contributed by atoms with van der Waals surface area (Å²) < 4.78 is 75.1. The second kappa shape index (κ2) is 10.4. The average molecular weight is 448 g/mol. The minimum atomic E-state index is -5.08. The standard InChI is InChI=1S/C12H16N2O2.2C2HF3O2/c1-2-5-14-11(3-1)16-10-4-6-15-12(7-10)8-13-9-12;2*3-2(4,5)1(6)7/h1-3,5,10,13H,4,6-9H2;2*(H,6,7). The highest BCUT2D eigenvalue weighted by Crippen LogP contribution is 2.30. The Labute approximate surface area is 165 Å². The molecular formula is C16H18F6N2O6. The zero-order valence-electron chi connectivity index (χ0n) is 15.2. The molecule has 0 bridgehead atoms. The van der Waals surface area contributed by atoms with Crippen molar-refractivity contribution in [3.8, 4) is 5.88 Å². The molecule has 1 atom stereocenters. The number of hydrogen-bond acceptors (Lipinski definition) is 6. The van der Waals surface area contributed by atoms with Gasteiger partial charge in [0, 0.05) is 38.2 Å². The highest BCUT2D eigenvalue weighted by molar-refractivity contribution is 5.73. The van der Waals surface area contributed by atoms with E-state index in [4.69, 9.17) is 29.3 Å². The third-order valence-corrected chi connectivity index (χ3v) is 3.75. The second-order valence-corrected chi connectivity index (χ2v) is 6.14. The summed E-state index contributed by atoms with van der Waals surface area (Å²) in [5.74, 6) is -4.79. The molecule has 1 aromatic rings. The van der Waals surface area contributed by atoms with Crippen LogP contribution in [0.2, 0.25) is 0 Å². The zero-order valence-corrected chi connectivity index (χ0v) is 15.2. The van der Waals surface area contributed by atoms with Gasteiger partial charge in [0.05, 0.1) is 12.2 Å². The monoisotopic (exact) mass is 448 g/mol. The topological polar surface area (TPSA) is 118 Å². The Bertz CT molecular complexity index is 670. The van der Waals surface area contributed by atoms with Crippen LogP contribution in [0.15, 0.2) is 24.4 Å². The van der Waals surface area contributed by atoms with Crippen molar-refractivity contribution in [2.75, 3.05) is 19.7 Å². The van der Waals surface area contributed by atoms with Gasteiger partial charge in [0.25, 0.3) is 0 Å². The number of rotatable bonds is 2. The number of hydrogen-bond donors (Lipinski definition) is 3. The molecule has 3 rings (SSSR count). The number of nitrogens with zero attached hydrogens (tertiary/aromatic N) is 1. The molecule has 0 aliphatic carbocycles. The molecule has 1 aromatic heterocycles. The van der Waals surface area contributed by atoms with E-state index in [9.17, 15) is 26.3 Å². The van der Waals surface area contributed by atoms with Crippen LogP contribution in [0.1, 0.15) is 12.8 Å². The number of ether oxygens (including phenoxy) is 2. The van der Waals surface area contributed by atoms with Crippen LogP contribution in [0.5, 0.6) is 5.88 Å². The number of nitrogens with one attached hydrogen (secondary N) is 1. The minimum Gasteiger partial charge on any atom is -0.475 e. The number of alkyl halides is 6. The smallest absolute Gasteiger partial charge is 0.475 e. The van der Waals surface area contributed by atoms with E-state index in [1.807, 2.05) is 18.2 Å². The Morgan fingerprint density at radius 2 is 1.63 bits per heavy atom. The molecule has 0 aromatic carbocycles. The van der Waals surface area contributed by atoms with Crippen molar-refractivity contribution in [1.82, 2.24) is 10.3 Å². The fourth-order valence-corrected chi connectivity index (χ4v) is 2.32. The van der Waals surface area contributed by atoms with Crippen molar-refractivity contribution in [3.63, 3.8) is 0 Å². The molecule has 2 saturated heterocycles. The molecule has 0 saturated carbocycles. The van der Waals surface area contributed by atoms with E-state index >= 15 is 0 Å². The van der Waals surface area contributed by atoms with Crippen molar-refractivity contribution >= 4 is 11.9 Å². The lowest BCUT2D eigenvalue weighted by Crippen LogP contribution is -2.64. The van der Waals surface area contributed by atoms with E-state index in [0.29, 0.717) is 0 Å². The van der Waals surface area contributed by atoms with Gasteiger partial charge in [-0.25, -0.2) is 14.6 Å². The number of carboxylic acid groups (broad SMARTS) is 2. The predicted molar refractivity (Wildman–Crippen MR) is 86.8 cm³/mol. The van der Waals surface area contributed by atoms with Gasteiger partial charge in [-0.2, -0.15) is 26.3 Å². The number of halogens is 6. The normalized spacial score (nSPS) is 19.9. The molecule has 30 heavy (non-hydrogen) atoms. The summed E-state index contributed by atoms with van der Waals surface area (Å²) >= 11 is 0. The summed E-state index contributed by atoms with van der Waals surface area (Å²) in [6, 6.07) is 5.75. The number of aliphatic carboxylic acids is 2. The van der Waals surface area contributed by atoms with Gasteiger partial charge < -0.3 is 25.0 Å². The Morgan fingerprint density at radius 1 is 1.10 bits per heavy atom. The first-order valence-corrected chi connectivity index (χ1v) is 8.28. The van der Waals surface area contributed by atoms with Crippen LogP contribution in [0.25, 0.3) is 0 Å². The van der Waals surface area contributed by atoms with E-state index in [-0.39, 0.29) is 11.7 Å². The molecule has 8 nitrogen and oxygen atoms in total. The molecular weight excluding hydrogens is 430 g/mol. The fourth-order valence-electron chi connectivity index (χ4n) is 2.32. The maximum Gasteiger partial charge on any atom is 0.490 e. The first kappa shape index (κ1) is 25.4. The molecule has 3 N–H and O–H groups in total. The summed E-state index contributed by atoms with van der Waals surface area (Å²) in [6.45, 7) is 2.70. The van der Waals surface area contributed by atoms with Crippen LogP contribution in [-0.4, -0.2) is 70.9 Å². The van der Waals surface area contributed by atoms with Crippen molar-refractivity contribution < 1.29 is 55.6 Å². The van der Waals surface area contributed by atoms with Crippen molar-refractivity contribution in [1.29, 1.82) is 0 Å². The maximum absolute atomic E-state index is 10.6. The molecule has 14 heteroatoms. The minimum absolute atomic E-state index is 0.0394. The van der Waals surface area contributed by atoms with Crippen molar-refractivity contribution in [2.24, 2.45) is 0 Å². The van der Waals surface area contributed by atoms with Crippen LogP contribution >= 0.6 is 0 Å². The van der Waals surface area contributed by atoms with Gasteiger partial charge in [-0.05, 0) is 6.07 Å². The van der Waals surface area contributed by atoms with Crippen LogP contribution < -0.4 is 10.1 Å². The van der Waals surface area contributed by atoms with E-state index in [2.05, 4.69) is 10.3 Å². The molecule has 3 heterocycles. The van der Waals surface area contributed by atoms with Crippen molar-refractivity contribution in [2.45, 2.75) is 36.9 Å². The van der Waals surface area contributed by atoms with Crippen LogP contribution in [0.3, 0.4) is 0 Å². The van der Waals surface area contributed by atoms with E-state index in [1.54, 1.807) is 6.20 Å². The lowest BCUT2D eigenvalue weighted by molar-refractivity contribution is -0.193. The summed E-state index contributed by atoms with van der Waals surface area (Å²) in [5, 5.41) is 17.5. The first-order valence-electron chi connectivity index (χ1n) is 8.28. The van der Waals surface area contributed by atoms with Gasteiger partial charge >= 0.3 is 24.3 Å². The summed E-state index contributed by atoms with van der Waals surface area (Å²) in [4.78, 5) is 22.0. The van der Waals surface area contributed by atoms with Gasteiger partial charge in [-0.3, -0.25) is 0 Å². The maximum atomic E-state index is 10.6. The second-order valence-electron chi connectivity index (χ2n) is 6.14. The lowest BCUT2D eigenvalue weighted by atomic mass is 9.87. The quantitative estimate of drug-likeness (QED) is 0.590. The SMILES string of the molecule is O=C(O)C(F)(F)F.O=C(O)C(F)(F)F.c1ccc(OC2CCOC3(CNC3)C2)nc1. The summed E-state index contributed by atoms with van der Waals surface area (Å²) in [6.07, 6.45) is -6.24. The van der Waals surface area contributed by atoms with Gasteiger partial charge in [0.1, 0.15) is 6.10 Å². The molecule has 2 fully saturated rings. The van der Waals surface area contributed by atoms with Gasteiger partial charge in [0.2, 0.25) is 5.88 Å². The van der Waals surface area contributed by atoms with Gasteiger partial charge in [0.15, 0.2) is 0 Å². The molecule has 170 valence electrons. The summed E-state index contributed by atoms with van der Waals surface area (Å²) in [5.41, 5.74) is 0.0394. The van der Waals surface area contributed by atoms with Crippen molar-refractivity contribution in [3.05, 3.63) is 24.4 Å². The Balaban J connectivity index is 0.000000271. The highest BCUT2D eigenvalue weighted by atomic mass is 19.4.